The van der Waals surface area contributed by atoms with Gasteiger partial charge in [-0.2, -0.15) is 0 Å². The first-order valence-electron chi connectivity index (χ1n) is 18.1. The minimum absolute atomic E-state index is 0. The van der Waals surface area contributed by atoms with E-state index in [4.69, 9.17) is 3.45 Å². The molecule has 0 aliphatic heterocycles. The van der Waals surface area contributed by atoms with Crippen LogP contribution in [-0.4, -0.2) is 64.5 Å². The van der Waals surface area contributed by atoms with Crippen LogP contribution >= 0.6 is 0 Å². The second-order valence-electron chi connectivity index (χ2n) is 14.3. The Morgan fingerprint density at radius 2 is 0.756 bits per heavy atom. The molecule has 0 saturated carbocycles. The quantitative estimate of drug-likeness (QED) is 0.113. The fourth-order valence-electron chi connectivity index (χ4n) is 4.70. The Balaban J connectivity index is -0.0000000866. The van der Waals surface area contributed by atoms with Gasteiger partial charge in [0.1, 0.15) is 0 Å². The predicted molar refractivity (Wildman–Crippen MR) is 208 cm³/mol. The maximum absolute atomic E-state index is 10.2. The number of hydrogen-bond donors (Lipinski definition) is 3. The Bertz CT molecular complexity index is 525. The van der Waals surface area contributed by atoms with Crippen LogP contribution < -0.4 is 0 Å². The molecule has 12 heteroatoms. The van der Waals surface area contributed by atoms with Crippen molar-refractivity contribution in [3.05, 3.63) is 0 Å². The number of rotatable bonds is 19. The minimum atomic E-state index is -1.86. The third-order valence-corrected chi connectivity index (χ3v) is 31.4. The molecule has 0 amide bonds. The molecular weight excluding hydrogens is 1090 g/mol. The van der Waals surface area contributed by atoms with Gasteiger partial charge in [-0.05, 0) is 54.4 Å². The first-order valence-corrected chi connectivity index (χ1v) is 30.4. The Labute approximate surface area is 355 Å². The maximum Gasteiger partial charge on any atom is 0.188 e. The molecular formula is C33H84GeHf2O4Si4Zr. The van der Waals surface area contributed by atoms with E-state index in [1.54, 1.807) is 0 Å². The SMILES string of the molecule is CC(C)(C)[Si](C)(C)O.CCCC[Si](CCCC)(CCCC)[O][GeH3].CCC[Si](O)(CCC)CCC.CC[Si](O)(CC)CC.[Hf].[Hf].[Zr]. The molecule has 3 N–H and O–H groups in total. The molecule has 0 fully saturated rings. The molecule has 0 aliphatic carbocycles. The van der Waals surface area contributed by atoms with E-state index in [1.807, 2.05) is 13.1 Å². The predicted octanol–water partition coefficient (Wildman–Crippen LogP) is 10.7. The zero-order valence-corrected chi connectivity index (χ0v) is 51.3. The van der Waals surface area contributed by atoms with Crippen molar-refractivity contribution in [3.63, 3.8) is 0 Å². The molecule has 0 aromatic carbocycles. The van der Waals surface area contributed by atoms with E-state index in [1.165, 1.54) is 56.7 Å². The van der Waals surface area contributed by atoms with E-state index < -0.39 is 33.3 Å². The largest absolute Gasteiger partial charge is 0.432 e. The Kier molecular flexibility index (Phi) is 53.4. The van der Waals surface area contributed by atoms with Gasteiger partial charge >= 0.3 is 106 Å². The van der Waals surface area contributed by atoms with Gasteiger partial charge in [0.15, 0.2) is 25.0 Å². The van der Waals surface area contributed by atoms with Crippen molar-refractivity contribution >= 4 is 50.1 Å². The van der Waals surface area contributed by atoms with E-state index in [2.05, 4.69) is 83.1 Å². The Morgan fingerprint density at radius 3 is 0.867 bits per heavy atom. The molecule has 0 radical (unpaired) electrons. The van der Waals surface area contributed by atoms with Crippen molar-refractivity contribution in [2.75, 3.05) is 0 Å². The van der Waals surface area contributed by atoms with Crippen LogP contribution in [0.2, 0.25) is 72.5 Å². The standard InChI is InChI=1S/C12H30GeOSi.C9H22OSi.2C6H16OSi.2Hf.Zr/c1-4-7-10-15(14-13,11-8-5-2)12-9-6-3;1-4-7-11(10,8-5-2)9-6-3;1-6(2,3)8(4,5)7;1-4-8(7,5-2)6-3;;;/h4-12H2,1-3,13H3;10H,4-9H2,1-3H3;7H,1-5H3;7H,4-6H2,1-3H3;;;. The fraction of sp³-hybridized carbons (Fsp3) is 1.00. The summed E-state index contributed by atoms with van der Waals surface area (Å²) in [6.07, 6.45) is 11.7. The number of unbranched alkanes of at least 4 members (excludes halogenated alkanes) is 3. The summed E-state index contributed by atoms with van der Waals surface area (Å²) in [5.74, 6) is 0. The summed E-state index contributed by atoms with van der Waals surface area (Å²) < 4.78 is 6.17. The zero-order valence-electron chi connectivity index (χ0n) is 33.5. The summed E-state index contributed by atoms with van der Waals surface area (Å²) in [6.45, 7) is 29.8. The third-order valence-electron chi connectivity index (χ3n) is 9.35. The molecule has 0 bridgehead atoms. The van der Waals surface area contributed by atoms with Crippen molar-refractivity contribution in [1.82, 2.24) is 0 Å². The molecule has 272 valence electrons. The molecule has 0 spiro atoms. The van der Waals surface area contributed by atoms with Gasteiger partial charge in [-0.3, -0.25) is 0 Å². The van der Waals surface area contributed by atoms with Crippen LogP contribution in [0.3, 0.4) is 0 Å². The molecule has 0 aromatic rings. The van der Waals surface area contributed by atoms with Crippen LogP contribution in [0.25, 0.3) is 0 Å². The van der Waals surface area contributed by atoms with Gasteiger partial charge in [0, 0.05) is 77.9 Å². The van der Waals surface area contributed by atoms with Gasteiger partial charge in [-0.1, -0.05) is 81.6 Å². The van der Waals surface area contributed by atoms with Crippen molar-refractivity contribution in [2.45, 2.75) is 213 Å². The summed E-state index contributed by atoms with van der Waals surface area (Å²) >= 11 is 0.606. The van der Waals surface area contributed by atoms with E-state index >= 15 is 0 Å². The number of hydrogen-bond acceptors (Lipinski definition) is 4. The van der Waals surface area contributed by atoms with E-state index in [-0.39, 0.29) is 82.9 Å². The van der Waals surface area contributed by atoms with Gasteiger partial charge in [0.05, 0.1) is 0 Å². The summed E-state index contributed by atoms with van der Waals surface area (Å²) in [5, 5.41) is 0.132. The Morgan fingerprint density at radius 1 is 0.511 bits per heavy atom. The summed E-state index contributed by atoms with van der Waals surface area (Å²) in [7, 11) is -6.53. The first-order chi connectivity index (χ1) is 19.4. The van der Waals surface area contributed by atoms with E-state index in [9.17, 15) is 14.4 Å². The molecule has 0 atom stereocenters. The van der Waals surface area contributed by atoms with Crippen LogP contribution in [0.1, 0.15) is 141 Å². The van der Waals surface area contributed by atoms with Gasteiger partial charge in [-0.15, -0.1) is 0 Å². The van der Waals surface area contributed by atoms with Crippen LogP contribution in [0, 0.1) is 0 Å². The van der Waals surface area contributed by atoms with Crippen molar-refractivity contribution in [1.29, 1.82) is 0 Å². The van der Waals surface area contributed by atoms with Gasteiger partial charge in [0.25, 0.3) is 0 Å². The first kappa shape index (κ1) is 63.9. The van der Waals surface area contributed by atoms with Crippen LogP contribution in [-0.2, 0) is 81.3 Å². The smallest absolute Gasteiger partial charge is 0.188 e. The average molecular weight is 1180 g/mol. The van der Waals surface area contributed by atoms with Crippen LogP contribution in [0.5, 0.6) is 0 Å². The van der Waals surface area contributed by atoms with Crippen molar-refractivity contribution < 1.29 is 95.7 Å². The third kappa shape index (κ3) is 37.4. The molecule has 0 aromatic heterocycles. The molecule has 0 unspecified atom stereocenters. The Hall–Kier alpha value is 3.87. The molecule has 45 heavy (non-hydrogen) atoms. The molecule has 0 heterocycles. The minimum Gasteiger partial charge on any atom is -0.432 e. The summed E-state index contributed by atoms with van der Waals surface area (Å²) in [6, 6.07) is 10.7. The van der Waals surface area contributed by atoms with Crippen molar-refractivity contribution in [2.24, 2.45) is 0 Å². The molecule has 0 saturated heterocycles. The topological polar surface area (TPSA) is 69.9 Å². The monoisotopic (exact) mass is 1180 g/mol. The van der Waals surface area contributed by atoms with Crippen LogP contribution in [0.15, 0.2) is 0 Å². The summed E-state index contributed by atoms with van der Waals surface area (Å²) in [4.78, 5) is 29.2. The van der Waals surface area contributed by atoms with Gasteiger partial charge < -0.3 is 14.4 Å². The molecule has 0 aliphatic rings. The average Bonchev–Trinajstić information content (AvgIpc) is 2.93. The van der Waals surface area contributed by atoms with E-state index in [0.717, 1.165) is 55.5 Å². The maximum atomic E-state index is 10.2. The second kappa shape index (κ2) is 37.6. The van der Waals surface area contributed by atoms with Gasteiger partial charge in [-0.25, -0.2) is 0 Å². The van der Waals surface area contributed by atoms with Crippen molar-refractivity contribution in [3.8, 4) is 0 Å². The van der Waals surface area contributed by atoms with Gasteiger partial charge in [0.2, 0.25) is 0 Å². The fourth-order valence-corrected chi connectivity index (χ4v) is 18.0. The summed E-state index contributed by atoms with van der Waals surface area (Å²) in [5.41, 5.74) is 0. The van der Waals surface area contributed by atoms with E-state index in [0.29, 0.717) is 16.9 Å². The van der Waals surface area contributed by atoms with Crippen LogP contribution in [0.4, 0.5) is 0 Å². The molecule has 4 nitrogen and oxygen atoms in total. The molecule has 0 rings (SSSR count). The second-order valence-corrected chi connectivity index (χ2v) is 34.2. The zero-order chi connectivity index (χ0) is 33.9. The normalized spacial score (nSPS) is 11.7.